The third kappa shape index (κ3) is 4.45. The molecule has 1 aliphatic heterocycles. The Hall–Kier alpha value is -2.80. The van der Waals surface area contributed by atoms with Gasteiger partial charge in [0.05, 0.1) is 29.6 Å². The zero-order valence-corrected chi connectivity index (χ0v) is 17.1. The highest BCUT2D eigenvalue weighted by Crippen LogP contribution is 2.20. The number of carbonyl (C=O) groups is 1. The lowest BCUT2D eigenvalue weighted by Gasteiger charge is -2.33. The number of rotatable bonds is 7. The van der Waals surface area contributed by atoms with Gasteiger partial charge in [0.25, 0.3) is 0 Å². The lowest BCUT2D eigenvalue weighted by Crippen LogP contribution is -2.50. The van der Waals surface area contributed by atoms with Gasteiger partial charge in [-0.15, -0.1) is 0 Å². The highest BCUT2D eigenvalue weighted by Gasteiger charge is 2.32. The van der Waals surface area contributed by atoms with Crippen LogP contribution in [0.5, 0.6) is 0 Å². The van der Waals surface area contributed by atoms with Crippen molar-refractivity contribution in [2.24, 2.45) is 0 Å². The molecule has 1 amide bonds. The number of sulfonamides is 1. The van der Waals surface area contributed by atoms with Crippen LogP contribution in [0.1, 0.15) is 19.0 Å². The summed E-state index contributed by atoms with van der Waals surface area (Å²) in [6.45, 7) is 5.35. The molecule has 0 atom stereocenters. The zero-order chi connectivity index (χ0) is 21.2. The van der Waals surface area contributed by atoms with Gasteiger partial charge in [-0.25, -0.2) is 8.42 Å². The van der Waals surface area contributed by atoms with Crippen molar-refractivity contribution in [1.82, 2.24) is 28.8 Å². The van der Waals surface area contributed by atoms with E-state index in [4.69, 9.17) is 0 Å². The van der Waals surface area contributed by atoms with Crippen LogP contribution in [0.25, 0.3) is 0 Å². The highest BCUT2D eigenvalue weighted by atomic mass is 32.2. The zero-order valence-electron chi connectivity index (χ0n) is 16.3. The van der Waals surface area contributed by atoms with Crippen LogP contribution in [-0.4, -0.2) is 74.2 Å². The molecule has 3 rings (SSSR count). The molecule has 2 aromatic rings. The van der Waals surface area contributed by atoms with Crippen molar-refractivity contribution in [2.45, 2.75) is 38.3 Å². The fraction of sp³-hybridized carbons (Fsp3) is 0.562. The summed E-state index contributed by atoms with van der Waals surface area (Å²) < 4.78 is 30.1. The Labute approximate surface area is 167 Å². The van der Waals surface area contributed by atoms with Crippen LogP contribution in [0.15, 0.2) is 23.4 Å². The van der Waals surface area contributed by atoms with Gasteiger partial charge in [0.2, 0.25) is 15.9 Å². The third-order valence-corrected chi connectivity index (χ3v) is 6.80. The highest BCUT2D eigenvalue weighted by molar-refractivity contribution is 7.89. The first-order valence-electron chi connectivity index (χ1n) is 9.22. The topological polar surface area (TPSA) is 136 Å². The van der Waals surface area contributed by atoms with Gasteiger partial charge in [0.15, 0.2) is 0 Å². The lowest BCUT2D eigenvalue weighted by molar-refractivity contribution is -0.389. The first-order chi connectivity index (χ1) is 13.7. The molecule has 12 nitrogen and oxygen atoms in total. The van der Waals surface area contributed by atoms with Crippen molar-refractivity contribution in [3.05, 3.63) is 34.3 Å². The van der Waals surface area contributed by atoms with Crippen LogP contribution < -0.4 is 0 Å². The summed E-state index contributed by atoms with van der Waals surface area (Å²) in [7, 11) is -3.66. The molecule has 0 N–H and O–H groups in total. The molecule has 0 aromatic carbocycles. The molecular formula is C16H23N7O5S. The van der Waals surface area contributed by atoms with E-state index in [1.807, 2.05) is 6.92 Å². The fourth-order valence-corrected chi connectivity index (χ4v) is 4.76. The number of aromatic nitrogens is 4. The molecule has 0 radical (unpaired) electrons. The maximum absolute atomic E-state index is 12.9. The summed E-state index contributed by atoms with van der Waals surface area (Å²) in [5.74, 6) is -0.409. The van der Waals surface area contributed by atoms with E-state index in [0.29, 0.717) is 12.2 Å². The number of nitro groups is 1. The van der Waals surface area contributed by atoms with Crippen LogP contribution in [0.3, 0.4) is 0 Å². The smallest absolute Gasteiger partial charge is 0.358 e. The van der Waals surface area contributed by atoms with Gasteiger partial charge < -0.3 is 15.0 Å². The Morgan fingerprint density at radius 1 is 1.21 bits per heavy atom. The van der Waals surface area contributed by atoms with E-state index in [1.165, 1.54) is 27.4 Å². The first-order valence-corrected chi connectivity index (χ1v) is 10.7. The van der Waals surface area contributed by atoms with Gasteiger partial charge in [-0.05, 0) is 18.8 Å². The van der Waals surface area contributed by atoms with Crippen LogP contribution in [-0.2, 0) is 27.9 Å². The number of aryl methyl sites for hydroxylation is 3. The van der Waals surface area contributed by atoms with E-state index in [1.54, 1.807) is 16.5 Å². The van der Waals surface area contributed by atoms with Gasteiger partial charge in [0.1, 0.15) is 4.90 Å². The number of hydrogen-bond donors (Lipinski definition) is 0. The van der Waals surface area contributed by atoms with Crippen molar-refractivity contribution >= 4 is 21.7 Å². The normalized spacial score (nSPS) is 15.6. The van der Waals surface area contributed by atoms with E-state index in [9.17, 15) is 23.3 Å². The Kier molecular flexibility index (Phi) is 5.98. The van der Waals surface area contributed by atoms with E-state index >= 15 is 0 Å². The van der Waals surface area contributed by atoms with Gasteiger partial charge in [0, 0.05) is 45.3 Å². The predicted octanol–water partition coefficient (Wildman–Crippen LogP) is 0.239. The van der Waals surface area contributed by atoms with Gasteiger partial charge in [-0.3, -0.25) is 9.48 Å². The quantitative estimate of drug-likeness (QED) is 0.458. The molecule has 0 unspecified atom stereocenters. The minimum atomic E-state index is -3.66. The summed E-state index contributed by atoms with van der Waals surface area (Å²) in [6, 6.07) is 1.27. The largest absolute Gasteiger partial charge is 0.389 e. The molecule has 1 fully saturated rings. The van der Waals surface area contributed by atoms with Gasteiger partial charge in [-0.1, -0.05) is 0 Å². The minimum absolute atomic E-state index is 0.133. The molecular weight excluding hydrogens is 402 g/mol. The fourth-order valence-electron chi connectivity index (χ4n) is 3.17. The van der Waals surface area contributed by atoms with Crippen molar-refractivity contribution < 1.29 is 18.1 Å². The Balaban J connectivity index is 1.55. The Morgan fingerprint density at radius 2 is 1.90 bits per heavy atom. The summed E-state index contributed by atoms with van der Waals surface area (Å²) >= 11 is 0. The van der Waals surface area contributed by atoms with E-state index < -0.39 is 14.9 Å². The summed E-state index contributed by atoms with van der Waals surface area (Å²) in [4.78, 5) is 24.3. The molecule has 0 saturated carbocycles. The molecule has 3 heterocycles. The minimum Gasteiger partial charge on any atom is -0.358 e. The molecule has 13 heteroatoms. The number of nitrogens with zero attached hydrogens (tertiary/aromatic N) is 7. The molecule has 158 valence electrons. The van der Waals surface area contributed by atoms with E-state index in [0.717, 1.165) is 0 Å². The van der Waals surface area contributed by atoms with Crippen molar-refractivity contribution in [2.75, 3.05) is 26.2 Å². The average Bonchev–Trinajstić information content (AvgIpc) is 3.33. The molecule has 1 saturated heterocycles. The average molecular weight is 425 g/mol. The second-order valence-corrected chi connectivity index (χ2v) is 8.57. The number of carbonyl (C=O) groups excluding carboxylic acids is 1. The number of amides is 1. The van der Waals surface area contributed by atoms with Crippen molar-refractivity contribution in [3.8, 4) is 0 Å². The first kappa shape index (κ1) is 20.9. The Bertz CT molecular complexity index is 1000. The van der Waals surface area contributed by atoms with Gasteiger partial charge >= 0.3 is 5.82 Å². The number of hydrogen-bond acceptors (Lipinski definition) is 7. The maximum Gasteiger partial charge on any atom is 0.389 e. The molecule has 0 spiro atoms. The van der Waals surface area contributed by atoms with Gasteiger partial charge in [-0.2, -0.15) is 14.1 Å². The van der Waals surface area contributed by atoms with E-state index in [-0.39, 0.29) is 55.8 Å². The summed E-state index contributed by atoms with van der Waals surface area (Å²) in [5.41, 5.74) is 0.457. The maximum atomic E-state index is 12.9. The molecule has 0 bridgehead atoms. The standard InChI is InChI=1S/C16H23N7O5S/c1-3-20-12-14(13(2)17-20)29(27,28)22-10-8-19(9-11-22)16(24)5-7-21-6-4-15(18-21)23(25)26/h4,6,12H,3,5,7-11H2,1-2H3. The molecule has 29 heavy (non-hydrogen) atoms. The van der Waals surface area contributed by atoms with E-state index in [2.05, 4.69) is 10.2 Å². The Morgan fingerprint density at radius 3 is 2.45 bits per heavy atom. The molecule has 1 aliphatic rings. The van der Waals surface area contributed by atoms with Crippen LogP contribution >= 0.6 is 0 Å². The second-order valence-electron chi connectivity index (χ2n) is 6.66. The van der Waals surface area contributed by atoms with Crippen LogP contribution in [0.2, 0.25) is 0 Å². The van der Waals surface area contributed by atoms with Crippen LogP contribution in [0.4, 0.5) is 5.82 Å². The summed E-state index contributed by atoms with van der Waals surface area (Å²) in [5, 5.41) is 18.6. The molecule has 0 aliphatic carbocycles. The summed E-state index contributed by atoms with van der Waals surface area (Å²) in [6.07, 6.45) is 3.12. The third-order valence-electron chi connectivity index (χ3n) is 4.80. The monoisotopic (exact) mass is 425 g/mol. The lowest BCUT2D eigenvalue weighted by atomic mass is 10.3. The van der Waals surface area contributed by atoms with Crippen molar-refractivity contribution in [1.29, 1.82) is 0 Å². The molecule has 2 aromatic heterocycles. The second kappa shape index (κ2) is 8.29. The SMILES string of the molecule is CCn1cc(S(=O)(=O)N2CCN(C(=O)CCn3ccc([N+](=O)[O-])n3)CC2)c(C)n1. The number of piperazine rings is 1. The van der Waals surface area contributed by atoms with Crippen molar-refractivity contribution in [3.63, 3.8) is 0 Å². The van der Waals surface area contributed by atoms with Crippen LogP contribution in [0, 0.1) is 17.0 Å². The predicted molar refractivity (Wildman–Crippen MR) is 101 cm³/mol.